The third-order valence-corrected chi connectivity index (χ3v) is 3.14. The fourth-order valence-electron chi connectivity index (χ4n) is 1.85. The van der Waals surface area contributed by atoms with Gasteiger partial charge in [0.2, 0.25) is 11.9 Å². The molecule has 0 aliphatic carbocycles. The highest BCUT2D eigenvalue weighted by molar-refractivity contribution is 5.38. The van der Waals surface area contributed by atoms with Crippen molar-refractivity contribution in [1.29, 1.82) is 0 Å². The second-order valence-corrected chi connectivity index (χ2v) is 5.77. The Hall–Kier alpha value is -2.01. The zero-order valence-corrected chi connectivity index (χ0v) is 14.7. The highest BCUT2D eigenvalue weighted by Crippen LogP contribution is 2.36. The Labute approximate surface area is 147 Å². The summed E-state index contributed by atoms with van der Waals surface area (Å²) in [6.45, 7) is 8.35. The zero-order chi connectivity index (χ0) is 20.1. The number of anilines is 2. The zero-order valence-electron chi connectivity index (χ0n) is 14.7. The minimum Gasteiger partial charge on any atom is -0.440 e. The SMILES string of the molecule is CCN(CC)c1nc(NCC(C)C)nc(OC(C(F)(F)F)C(F)(F)F)n1. The van der Waals surface area contributed by atoms with Crippen molar-refractivity contribution in [3.8, 4) is 6.01 Å². The molecule has 0 amide bonds. The molecule has 0 aliphatic heterocycles. The van der Waals surface area contributed by atoms with Crippen LogP contribution in [-0.2, 0) is 0 Å². The van der Waals surface area contributed by atoms with Gasteiger partial charge in [-0.2, -0.15) is 41.3 Å². The van der Waals surface area contributed by atoms with Crippen LogP contribution in [0.15, 0.2) is 0 Å². The molecule has 1 aromatic rings. The van der Waals surface area contributed by atoms with Crippen LogP contribution >= 0.6 is 0 Å². The van der Waals surface area contributed by atoms with E-state index in [9.17, 15) is 26.3 Å². The number of nitrogens with one attached hydrogen (secondary N) is 1. The Balaban J connectivity index is 3.26. The van der Waals surface area contributed by atoms with Crippen molar-refractivity contribution in [2.24, 2.45) is 5.92 Å². The minimum atomic E-state index is -5.66. The van der Waals surface area contributed by atoms with Crippen LogP contribution in [0.5, 0.6) is 6.01 Å². The van der Waals surface area contributed by atoms with Gasteiger partial charge in [0.15, 0.2) is 0 Å². The molecule has 12 heteroatoms. The average molecular weight is 389 g/mol. The number of ether oxygens (including phenoxy) is 1. The van der Waals surface area contributed by atoms with E-state index in [1.54, 1.807) is 18.7 Å². The molecule has 0 saturated carbocycles. The van der Waals surface area contributed by atoms with Crippen LogP contribution in [-0.4, -0.2) is 53.0 Å². The first-order valence-electron chi connectivity index (χ1n) is 7.93. The lowest BCUT2D eigenvalue weighted by molar-refractivity contribution is -0.301. The van der Waals surface area contributed by atoms with E-state index in [0.717, 1.165) is 0 Å². The van der Waals surface area contributed by atoms with E-state index in [1.807, 2.05) is 13.8 Å². The molecule has 1 N–H and O–H groups in total. The molecule has 26 heavy (non-hydrogen) atoms. The van der Waals surface area contributed by atoms with Gasteiger partial charge in [-0.15, -0.1) is 0 Å². The van der Waals surface area contributed by atoms with Crippen LogP contribution in [0, 0.1) is 5.92 Å². The van der Waals surface area contributed by atoms with Crippen molar-refractivity contribution in [2.75, 3.05) is 29.9 Å². The summed E-state index contributed by atoms with van der Waals surface area (Å²) in [5.74, 6) is -0.0887. The summed E-state index contributed by atoms with van der Waals surface area (Å²) in [4.78, 5) is 12.7. The molecule has 1 rings (SSSR count). The van der Waals surface area contributed by atoms with Crippen LogP contribution in [0.3, 0.4) is 0 Å². The fraction of sp³-hybridized carbons (Fsp3) is 0.786. The molecule has 0 saturated heterocycles. The Kier molecular flexibility index (Phi) is 7.27. The highest BCUT2D eigenvalue weighted by Gasteiger charge is 2.59. The molecule has 1 heterocycles. The van der Waals surface area contributed by atoms with E-state index in [0.29, 0.717) is 19.6 Å². The molecule has 0 bridgehead atoms. The molecule has 0 fully saturated rings. The van der Waals surface area contributed by atoms with Crippen molar-refractivity contribution < 1.29 is 31.1 Å². The van der Waals surface area contributed by atoms with Gasteiger partial charge in [-0.25, -0.2) is 0 Å². The molecule has 0 spiro atoms. The quantitative estimate of drug-likeness (QED) is 0.685. The van der Waals surface area contributed by atoms with Gasteiger partial charge in [0.1, 0.15) is 0 Å². The van der Waals surface area contributed by atoms with Gasteiger partial charge >= 0.3 is 18.4 Å². The summed E-state index contributed by atoms with van der Waals surface area (Å²) >= 11 is 0. The number of alkyl halides is 6. The van der Waals surface area contributed by atoms with E-state index >= 15 is 0 Å². The van der Waals surface area contributed by atoms with E-state index in [-0.39, 0.29) is 17.8 Å². The van der Waals surface area contributed by atoms with Crippen LogP contribution in [0.25, 0.3) is 0 Å². The number of nitrogens with zero attached hydrogens (tertiary/aromatic N) is 4. The summed E-state index contributed by atoms with van der Waals surface area (Å²) in [5, 5.41) is 2.75. The predicted molar refractivity (Wildman–Crippen MR) is 83.2 cm³/mol. The lowest BCUT2D eigenvalue weighted by Crippen LogP contribution is -2.47. The third-order valence-electron chi connectivity index (χ3n) is 3.14. The second-order valence-electron chi connectivity index (χ2n) is 5.77. The summed E-state index contributed by atoms with van der Waals surface area (Å²) in [6.07, 6.45) is -15.3. The fourth-order valence-corrected chi connectivity index (χ4v) is 1.85. The van der Waals surface area contributed by atoms with Gasteiger partial charge in [0.05, 0.1) is 0 Å². The Bertz CT molecular complexity index is 560. The van der Waals surface area contributed by atoms with Gasteiger partial charge in [-0.05, 0) is 19.8 Å². The number of rotatable bonds is 8. The summed E-state index contributed by atoms with van der Waals surface area (Å²) < 4.78 is 80.3. The van der Waals surface area contributed by atoms with E-state index in [2.05, 4.69) is 25.0 Å². The maximum atomic E-state index is 12.7. The van der Waals surface area contributed by atoms with E-state index < -0.39 is 24.5 Å². The van der Waals surface area contributed by atoms with Gasteiger partial charge in [-0.3, -0.25) is 0 Å². The van der Waals surface area contributed by atoms with Gasteiger partial charge in [0, 0.05) is 19.6 Å². The molecule has 0 atom stereocenters. The van der Waals surface area contributed by atoms with Crippen LogP contribution < -0.4 is 15.0 Å². The predicted octanol–water partition coefficient (Wildman–Crippen LogP) is 3.66. The highest BCUT2D eigenvalue weighted by atomic mass is 19.4. The summed E-state index contributed by atoms with van der Waals surface area (Å²) in [7, 11) is 0. The third kappa shape index (κ3) is 6.37. The van der Waals surface area contributed by atoms with Gasteiger partial charge in [-0.1, -0.05) is 13.8 Å². The normalized spacial score (nSPS) is 12.6. The number of aromatic nitrogens is 3. The molecule has 0 aromatic carbocycles. The lowest BCUT2D eigenvalue weighted by Gasteiger charge is -2.24. The number of hydrogen-bond donors (Lipinski definition) is 1. The van der Waals surface area contributed by atoms with Crippen LogP contribution in [0.4, 0.5) is 38.2 Å². The second kappa shape index (κ2) is 8.58. The molecule has 0 unspecified atom stereocenters. The smallest absolute Gasteiger partial charge is 0.434 e. The van der Waals surface area contributed by atoms with Gasteiger partial charge < -0.3 is 15.0 Å². The minimum absolute atomic E-state index is 0.0747. The average Bonchev–Trinajstić information content (AvgIpc) is 2.49. The lowest BCUT2D eigenvalue weighted by atomic mass is 10.2. The molecule has 0 aliphatic rings. The monoisotopic (exact) mass is 389 g/mol. The van der Waals surface area contributed by atoms with E-state index in [4.69, 9.17) is 0 Å². The first-order valence-corrected chi connectivity index (χ1v) is 7.93. The largest absolute Gasteiger partial charge is 0.440 e. The maximum absolute atomic E-state index is 12.7. The van der Waals surface area contributed by atoms with E-state index in [1.165, 1.54) is 0 Å². The van der Waals surface area contributed by atoms with Crippen molar-refractivity contribution >= 4 is 11.9 Å². The Morgan fingerprint density at radius 1 is 0.962 bits per heavy atom. The van der Waals surface area contributed by atoms with Crippen molar-refractivity contribution in [3.63, 3.8) is 0 Å². The number of hydrogen-bond acceptors (Lipinski definition) is 6. The van der Waals surface area contributed by atoms with Crippen molar-refractivity contribution in [3.05, 3.63) is 0 Å². The molecule has 6 nitrogen and oxygen atoms in total. The Morgan fingerprint density at radius 3 is 1.92 bits per heavy atom. The Morgan fingerprint density at radius 2 is 1.50 bits per heavy atom. The molecule has 150 valence electrons. The molecular weight excluding hydrogens is 368 g/mol. The standard InChI is InChI=1S/C14H21F6N5O/c1-5-25(6-2)11-22-10(21-7-8(3)4)23-12(24-11)26-9(13(15,16)17)14(18,19)20/h8-9H,5-7H2,1-4H3,(H,21,22,23,24). The molecular formula is C14H21F6N5O. The first-order chi connectivity index (χ1) is 11.9. The summed E-state index contributed by atoms with van der Waals surface area (Å²) in [6, 6.07) is -1.05. The van der Waals surface area contributed by atoms with Crippen LogP contribution in [0.1, 0.15) is 27.7 Å². The van der Waals surface area contributed by atoms with Crippen LogP contribution in [0.2, 0.25) is 0 Å². The first kappa shape index (κ1) is 22.0. The van der Waals surface area contributed by atoms with Gasteiger partial charge in [0.25, 0.3) is 6.10 Å². The molecule has 1 aromatic heterocycles. The topological polar surface area (TPSA) is 63.2 Å². The van der Waals surface area contributed by atoms with Crippen molar-refractivity contribution in [2.45, 2.75) is 46.2 Å². The molecule has 0 radical (unpaired) electrons. The summed E-state index contributed by atoms with van der Waals surface area (Å²) in [5.41, 5.74) is 0. The number of halogens is 6. The van der Waals surface area contributed by atoms with Crippen molar-refractivity contribution in [1.82, 2.24) is 15.0 Å². The maximum Gasteiger partial charge on any atom is 0.434 e.